The Balaban J connectivity index is 1.40. The Bertz CT molecular complexity index is 1620. The maximum atomic E-state index is 14.1. The summed E-state index contributed by atoms with van der Waals surface area (Å²) in [7, 11) is -1.88. The van der Waals surface area contributed by atoms with Gasteiger partial charge in [0.1, 0.15) is 10.4 Å². The van der Waals surface area contributed by atoms with Crippen LogP contribution in [0.15, 0.2) is 29.3 Å². The Morgan fingerprint density at radius 3 is 2.67 bits per heavy atom. The number of amides is 1. The van der Waals surface area contributed by atoms with Gasteiger partial charge in [0.15, 0.2) is 9.84 Å². The van der Waals surface area contributed by atoms with E-state index >= 15 is 0 Å². The van der Waals surface area contributed by atoms with Crippen LogP contribution in [0.4, 0.5) is 24.8 Å². The second-order valence-corrected chi connectivity index (χ2v) is 14.0. The second kappa shape index (κ2) is 9.97. The number of nitrogens with zero attached hydrogens (tertiary/aromatic N) is 4. The third-order valence-electron chi connectivity index (χ3n) is 7.39. The minimum absolute atomic E-state index is 0.0571. The zero-order valence-corrected chi connectivity index (χ0v) is 23.8. The highest BCUT2D eigenvalue weighted by Gasteiger charge is 2.39. The lowest BCUT2D eigenvalue weighted by Crippen LogP contribution is -2.34. The molecule has 0 radical (unpaired) electrons. The number of sulfone groups is 1. The van der Waals surface area contributed by atoms with Crippen molar-refractivity contribution in [3.05, 3.63) is 51.0 Å². The van der Waals surface area contributed by atoms with Crippen molar-refractivity contribution in [2.75, 3.05) is 37.8 Å². The van der Waals surface area contributed by atoms with Gasteiger partial charge in [-0.2, -0.15) is 13.2 Å². The highest BCUT2D eigenvalue weighted by molar-refractivity contribution is 7.91. The molecule has 0 spiro atoms. The first kappa shape index (κ1) is 27.4. The number of carbonyl (C=O) groups excluding carboxylic acids is 1. The van der Waals surface area contributed by atoms with Crippen LogP contribution in [0.1, 0.15) is 39.2 Å². The topological polar surface area (TPSA) is 95.5 Å². The molecule has 0 saturated heterocycles. The Labute approximate surface area is 238 Å². The molecular weight excluding hydrogens is 587 g/mol. The van der Waals surface area contributed by atoms with Gasteiger partial charge in [-0.25, -0.2) is 18.4 Å². The van der Waals surface area contributed by atoms with Crippen LogP contribution in [0.2, 0.25) is 5.02 Å². The lowest BCUT2D eigenvalue weighted by molar-refractivity contribution is -0.137. The van der Waals surface area contributed by atoms with Gasteiger partial charge in [0, 0.05) is 32.4 Å². The molecule has 1 N–H and O–H groups in total. The van der Waals surface area contributed by atoms with Crippen LogP contribution in [0.3, 0.4) is 0 Å². The van der Waals surface area contributed by atoms with E-state index in [1.54, 1.807) is 0 Å². The number of halogens is 4. The largest absolute Gasteiger partial charge is 0.420 e. The van der Waals surface area contributed by atoms with Crippen LogP contribution in [-0.2, 0) is 29.0 Å². The Morgan fingerprint density at radius 2 is 1.95 bits per heavy atom. The molecule has 2 aromatic heterocycles. The van der Waals surface area contributed by atoms with Crippen molar-refractivity contribution in [3.63, 3.8) is 0 Å². The van der Waals surface area contributed by atoms with Crippen molar-refractivity contribution in [2.45, 2.75) is 36.9 Å². The summed E-state index contributed by atoms with van der Waals surface area (Å²) in [4.78, 5) is 24.6. The number of benzene rings is 1. The van der Waals surface area contributed by atoms with Crippen molar-refractivity contribution in [3.8, 4) is 10.6 Å². The Hall–Kier alpha value is -2.74. The Kier molecular flexibility index (Phi) is 6.83. The molecule has 8 nitrogen and oxygen atoms in total. The number of carbonyl (C=O) groups is 1. The summed E-state index contributed by atoms with van der Waals surface area (Å²) in [6.07, 6.45) is -1.43. The van der Waals surface area contributed by atoms with Crippen LogP contribution >= 0.6 is 22.9 Å². The molecular formula is C26H25ClF3N5O3S2. The number of fused-ring (bicyclic) bond motifs is 2. The predicted octanol–water partition coefficient (Wildman–Crippen LogP) is 5.25. The number of rotatable bonds is 5. The lowest BCUT2D eigenvalue weighted by Gasteiger charge is -2.26. The van der Waals surface area contributed by atoms with E-state index in [1.807, 2.05) is 19.2 Å². The average molecular weight is 612 g/mol. The van der Waals surface area contributed by atoms with Crippen molar-refractivity contribution >= 4 is 50.3 Å². The number of nitrogens with one attached hydrogen (secondary N) is 1. The highest BCUT2D eigenvalue weighted by Crippen LogP contribution is 2.43. The van der Waals surface area contributed by atoms with E-state index in [9.17, 15) is 26.4 Å². The number of hydrogen-bond acceptors (Lipinski definition) is 8. The van der Waals surface area contributed by atoms with Gasteiger partial charge in [0.05, 0.1) is 31.9 Å². The van der Waals surface area contributed by atoms with Gasteiger partial charge in [-0.05, 0) is 61.6 Å². The van der Waals surface area contributed by atoms with Crippen molar-refractivity contribution in [2.24, 2.45) is 5.92 Å². The number of alkyl halides is 3. The molecule has 0 atom stereocenters. The SMILES string of the molecule is CN1CCc2cc(Nc3ncc(C(F)(F)F)c(-c4cc5c(s4)C(=O)N(CC4CC4)CCS5(=O)=O)n3)c(Cl)cc2C1. The first-order valence-corrected chi connectivity index (χ1v) is 15.6. The molecule has 4 heterocycles. The molecule has 14 heteroatoms. The fraction of sp³-hybridized carbons (Fsp3) is 0.423. The number of hydrogen-bond donors (Lipinski definition) is 1. The number of likely N-dealkylation sites (N-methyl/N-ethyl adjacent to an activating group) is 1. The second-order valence-electron chi connectivity index (χ2n) is 10.5. The van der Waals surface area contributed by atoms with E-state index in [1.165, 1.54) is 4.90 Å². The van der Waals surface area contributed by atoms with E-state index in [0.29, 0.717) is 40.7 Å². The monoisotopic (exact) mass is 611 g/mol. The zero-order valence-electron chi connectivity index (χ0n) is 21.4. The molecule has 1 aromatic carbocycles. The quantitative estimate of drug-likeness (QED) is 0.421. The van der Waals surface area contributed by atoms with Crippen LogP contribution < -0.4 is 5.32 Å². The molecule has 1 amide bonds. The van der Waals surface area contributed by atoms with Gasteiger partial charge in [-0.15, -0.1) is 11.3 Å². The van der Waals surface area contributed by atoms with Crippen molar-refractivity contribution < 1.29 is 26.4 Å². The summed E-state index contributed by atoms with van der Waals surface area (Å²) < 4.78 is 68.2. The van der Waals surface area contributed by atoms with E-state index in [-0.39, 0.29) is 32.9 Å². The van der Waals surface area contributed by atoms with Crippen LogP contribution in [0.25, 0.3) is 10.6 Å². The predicted molar refractivity (Wildman–Crippen MR) is 146 cm³/mol. The maximum Gasteiger partial charge on any atom is 0.420 e. The molecule has 212 valence electrons. The van der Waals surface area contributed by atoms with Crippen LogP contribution in [-0.4, -0.2) is 66.5 Å². The fourth-order valence-electron chi connectivity index (χ4n) is 5.02. The molecule has 0 unspecified atom stereocenters. The van der Waals surface area contributed by atoms with E-state index in [4.69, 9.17) is 11.6 Å². The van der Waals surface area contributed by atoms with E-state index in [2.05, 4.69) is 20.2 Å². The summed E-state index contributed by atoms with van der Waals surface area (Å²) >= 11 is 7.19. The maximum absolute atomic E-state index is 14.1. The lowest BCUT2D eigenvalue weighted by atomic mass is 9.99. The molecule has 1 aliphatic carbocycles. The van der Waals surface area contributed by atoms with Crippen molar-refractivity contribution in [1.82, 2.24) is 19.8 Å². The average Bonchev–Trinajstić information content (AvgIpc) is 3.60. The summed E-state index contributed by atoms with van der Waals surface area (Å²) in [5.74, 6) is -0.571. The molecule has 6 rings (SSSR count). The van der Waals surface area contributed by atoms with Gasteiger partial charge in [0.25, 0.3) is 5.91 Å². The minimum atomic E-state index is -4.81. The molecule has 2 aliphatic heterocycles. The third kappa shape index (κ3) is 5.31. The van der Waals surface area contributed by atoms with Gasteiger partial charge in [-0.3, -0.25) is 4.79 Å². The fourth-order valence-corrected chi connectivity index (χ4v) is 8.20. The Morgan fingerprint density at radius 1 is 1.18 bits per heavy atom. The van der Waals surface area contributed by atoms with Gasteiger partial charge in [-0.1, -0.05) is 11.6 Å². The summed E-state index contributed by atoms with van der Waals surface area (Å²) in [5, 5.41) is 3.30. The van der Waals surface area contributed by atoms with Gasteiger partial charge < -0.3 is 15.1 Å². The van der Waals surface area contributed by atoms with Gasteiger partial charge in [0.2, 0.25) is 5.95 Å². The molecule has 1 saturated carbocycles. The molecule has 3 aliphatic rings. The third-order valence-corrected chi connectivity index (χ3v) is 10.7. The first-order chi connectivity index (χ1) is 18.9. The number of aromatic nitrogens is 2. The van der Waals surface area contributed by atoms with Crippen LogP contribution in [0, 0.1) is 5.92 Å². The normalized spacial score (nSPS) is 19.2. The zero-order chi connectivity index (χ0) is 28.4. The number of thiophene rings is 1. The molecule has 3 aromatic rings. The molecule has 40 heavy (non-hydrogen) atoms. The summed E-state index contributed by atoms with van der Waals surface area (Å²) in [6.45, 7) is 2.09. The van der Waals surface area contributed by atoms with Crippen molar-refractivity contribution in [1.29, 1.82) is 0 Å². The number of anilines is 2. The van der Waals surface area contributed by atoms with E-state index in [0.717, 1.165) is 49.5 Å². The molecule has 1 fully saturated rings. The van der Waals surface area contributed by atoms with Gasteiger partial charge >= 0.3 is 6.18 Å². The summed E-state index contributed by atoms with van der Waals surface area (Å²) in [6, 6.07) is 4.80. The first-order valence-electron chi connectivity index (χ1n) is 12.8. The molecule has 0 bridgehead atoms. The smallest absolute Gasteiger partial charge is 0.337 e. The minimum Gasteiger partial charge on any atom is -0.337 e. The summed E-state index contributed by atoms with van der Waals surface area (Å²) in [5.41, 5.74) is 0.953. The standard InChI is InChI=1S/C26H25ClF3N5O3S2/c1-34-5-4-15-9-19(18(27)8-16(15)13-34)32-25-31-11-17(26(28,29)30)22(33-25)20-10-21-23(39-20)24(36)35(12-14-2-3-14)6-7-40(21,37)38/h8-11,14H,2-7,12-13H2,1H3,(H,31,32,33). The highest BCUT2D eigenvalue weighted by atomic mass is 35.5. The van der Waals surface area contributed by atoms with E-state index < -0.39 is 33.2 Å². The van der Waals surface area contributed by atoms with Crippen LogP contribution in [0.5, 0.6) is 0 Å².